The minimum atomic E-state index is -0.598. The quantitative estimate of drug-likeness (QED) is 0.593. The van der Waals surface area contributed by atoms with Crippen LogP contribution < -0.4 is 10.2 Å². The Morgan fingerprint density at radius 2 is 1.88 bits per heavy atom. The molecule has 0 atom stereocenters. The Hall–Kier alpha value is -3.30. The predicted molar refractivity (Wildman–Crippen MR) is 125 cm³/mol. The lowest BCUT2D eigenvalue weighted by atomic mass is 10.00. The second kappa shape index (κ2) is 8.81. The molecule has 0 saturated carbocycles. The Bertz CT molecular complexity index is 1200. The number of anilines is 2. The summed E-state index contributed by atoms with van der Waals surface area (Å²) in [5.74, 6) is -0.968. The molecular formula is C25H27F2N5O2. The van der Waals surface area contributed by atoms with Crippen LogP contribution in [0.5, 0.6) is 0 Å². The summed E-state index contributed by atoms with van der Waals surface area (Å²) < 4.78 is 32.8. The number of carbonyl (C=O) groups is 1. The molecule has 2 aliphatic heterocycles. The maximum Gasteiger partial charge on any atom is 0.256 e. The third-order valence-electron chi connectivity index (χ3n) is 6.63. The van der Waals surface area contributed by atoms with E-state index < -0.39 is 17.2 Å². The topological polar surface area (TPSA) is 73.5 Å². The summed E-state index contributed by atoms with van der Waals surface area (Å²) in [5.41, 5.74) is 3.38. The highest BCUT2D eigenvalue weighted by molar-refractivity contribution is 6.04. The van der Waals surface area contributed by atoms with Gasteiger partial charge in [-0.1, -0.05) is 6.07 Å². The lowest BCUT2D eigenvalue weighted by molar-refractivity contribution is 0.102. The summed E-state index contributed by atoms with van der Waals surface area (Å²) in [5, 5.41) is 10.3. The molecule has 0 bridgehead atoms. The van der Waals surface area contributed by atoms with Crippen LogP contribution in [0.1, 0.15) is 41.0 Å². The van der Waals surface area contributed by atoms with Gasteiger partial charge < -0.3 is 15.0 Å². The lowest BCUT2D eigenvalue weighted by Gasteiger charge is -2.31. The molecule has 1 aromatic heterocycles. The second-order valence-corrected chi connectivity index (χ2v) is 9.22. The van der Waals surface area contributed by atoms with Crippen LogP contribution in [0.4, 0.5) is 20.3 Å². The molecule has 0 spiro atoms. The van der Waals surface area contributed by atoms with Crippen molar-refractivity contribution in [3.05, 3.63) is 76.5 Å². The van der Waals surface area contributed by atoms with Crippen LogP contribution >= 0.6 is 0 Å². The van der Waals surface area contributed by atoms with Gasteiger partial charge in [0.2, 0.25) is 0 Å². The molecule has 7 nitrogen and oxygen atoms in total. The van der Waals surface area contributed by atoms with Crippen molar-refractivity contribution in [1.29, 1.82) is 0 Å². The monoisotopic (exact) mass is 467 g/mol. The van der Waals surface area contributed by atoms with Gasteiger partial charge in [-0.25, -0.2) is 8.78 Å². The maximum atomic E-state index is 13.7. The van der Waals surface area contributed by atoms with Crippen molar-refractivity contribution in [1.82, 2.24) is 15.1 Å². The van der Waals surface area contributed by atoms with Gasteiger partial charge in [-0.05, 0) is 49.7 Å². The fourth-order valence-electron chi connectivity index (χ4n) is 4.70. The fraction of sp³-hybridized carbons (Fsp3) is 0.360. The van der Waals surface area contributed by atoms with E-state index in [4.69, 9.17) is 4.74 Å². The van der Waals surface area contributed by atoms with E-state index in [9.17, 15) is 13.6 Å². The van der Waals surface area contributed by atoms with Crippen molar-refractivity contribution in [2.24, 2.45) is 0 Å². The second-order valence-electron chi connectivity index (χ2n) is 9.22. The number of aromatic amines is 1. The molecule has 0 radical (unpaired) electrons. The molecule has 1 fully saturated rings. The molecule has 0 unspecified atom stereocenters. The zero-order valence-electron chi connectivity index (χ0n) is 19.2. The minimum absolute atomic E-state index is 0.243. The van der Waals surface area contributed by atoms with Gasteiger partial charge in [0.1, 0.15) is 11.6 Å². The fourth-order valence-corrected chi connectivity index (χ4v) is 4.70. The predicted octanol–water partition coefficient (Wildman–Crippen LogP) is 4.03. The number of nitrogens with one attached hydrogen (secondary N) is 2. The van der Waals surface area contributed by atoms with Crippen molar-refractivity contribution in [3.8, 4) is 0 Å². The largest absolute Gasteiger partial charge is 0.378 e. The van der Waals surface area contributed by atoms with Gasteiger partial charge in [-0.15, -0.1) is 0 Å². The van der Waals surface area contributed by atoms with Gasteiger partial charge in [-0.2, -0.15) is 5.10 Å². The molecule has 2 aliphatic rings. The number of halogens is 2. The third-order valence-corrected chi connectivity index (χ3v) is 6.63. The first-order chi connectivity index (χ1) is 16.3. The number of aromatic nitrogens is 2. The minimum Gasteiger partial charge on any atom is -0.378 e. The van der Waals surface area contributed by atoms with E-state index in [0.717, 1.165) is 36.1 Å². The first kappa shape index (κ1) is 22.5. The number of hydrogen-bond donors (Lipinski definition) is 2. The molecule has 9 heteroatoms. The van der Waals surface area contributed by atoms with Crippen LogP contribution in [-0.2, 0) is 23.4 Å². The molecule has 2 aromatic carbocycles. The van der Waals surface area contributed by atoms with Gasteiger partial charge in [0.25, 0.3) is 5.91 Å². The average Bonchev–Trinajstić information content (AvgIpc) is 3.32. The number of H-pyrrole nitrogens is 1. The summed E-state index contributed by atoms with van der Waals surface area (Å²) in [6.45, 7) is 7.80. The summed E-state index contributed by atoms with van der Waals surface area (Å²) in [6, 6.07) is 11.1. The summed E-state index contributed by atoms with van der Waals surface area (Å²) in [6.07, 6.45) is 0. The maximum absolute atomic E-state index is 13.7. The van der Waals surface area contributed by atoms with E-state index >= 15 is 0 Å². The molecule has 2 N–H and O–H groups in total. The number of rotatable bonds is 5. The SMILES string of the molecule is CC1(C)c2[nH]nc(NC(=O)c3cccc(N4CCOCC4)c3)c2CN1Cc1cc(F)cc(F)c1. The molecule has 1 amide bonds. The zero-order valence-corrected chi connectivity index (χ0v) is 19.2. The number of morpholine rings is 1. The Labute approximate surface area is 196 Å². The van der Waals surface area contributed by atoms with Crippen LogP contribution in [0.3, 0.4) is 0 Å². The van der Waals surface area contributed by atoms with Gasteiger partial charge >= 0.3 is 0 Å². The smallest absolute Gasteiger partial charge is 0.256 e. The normalized spacial score (nSPS) is 17.6. The molecule has 178 valence electrons. The van der Waals surface area contributed by atoms with E-state index in [2.05, 4.69) is 25.3 Å². The van der Waals surface area contributed by atoms with Crippen LogP contribution in [0.25, 0.3) is 0 Å². The Morgan fingerprint density at radius 1 is 1.15 bits per heavy atom. The molecule has 0 aliphatic carbocycles. The first-order valence-electron chi connectivity index (χ1n) is 11.3. The van der Waals surface area contributed by atoms with Gasteiger partial charge in [0.15, 0.2) is 5.82 Å². The average molecular weight is 468 g/mol. The van der Waals surface area contributed by atoms with E-state index in [1.54, 1.807) is 6.07 Å². The van der Waals surface area contributed by atoms with E-state index in [0.29, 0.717) is 43.2 Å². The van der Waals surface area contributed by atoms with Crippen LogP contribution in [0, 0.1) is 11.6 Å². The number of fused-ring (bicyclic) bond motifs is 1. The Balaban J connectivity index is 1.33. The highest BCUT2D eigenvalue weighted by Gasteiger charge is 2.41. The molecule has 3 heterocycles. The lowest BCUT2D eigenvalue weighted by Crippen LogP contribution is -2.36. The zero-order chi connectivity index (χ0) is 23.9. The van der Waals surface area contributed by atoms with Crippen LogP contribution in [-0.4, -0.2) is 47.3 Å². The summed E-state index contributed by atoms with van der Waals surface area (Å²) in [7, 11) is 0. The van der Waals surface area contributed by atoms with Gasteiger partial charge in [0.05, 0.1) is 24.4 Å². The number of carbonyl (C=O) groups excluding carboxylic acids is 1. The van der Waals surface area contributed by atoms with Crippen LogP contribution in [0.15, 0.2) is 42.5 Å². The number of nitrogens with zero attached hydrogens (tertiary/aromatic N) is 3. The molecule has 5 rings (SSSR count). The number of benzene rings is 2. The van der Waals surface area contributed by atoms with Crippen molar-refractivity contribution in [3.63, 3.8) is 0 Å². The molecule has 1 saturated heterocycles. The third kappa shape index (κ3) is 4.28. The summed E-state index contributed by atoms with van der Waals surface area (Å²) >= 11 is 0. The van der Waals surface area contributed by atoms with Crippen LogP contribution in [0.2, 0.25) is 0 Å². The molecule has 3 aromatic rings. The Morgan fingerprint density at radius 3 is 2.62 bits per heavy atom. The first-order valence-corrected chi connectivity index (χ1v) is 11.3. The standard InChI is InChI=1S/C25H27F2N5O2/c1-25(2)22-21(15-32(25)14-16-10-18(26)13-19(27)11-16)23(30-29-22)28-24(33)17-4-3-5-20(12-17)31-6-8-34-9-7-31/h3-5,10-13H,6-9,14-15H2,1-2H3,(H2,28,29,30,33). The van der Waals surface area contributed by atoms with Crippen molar-refractivity contribution in [2.75, 3.05) is 36.5 Å². The molecule has 34 heavy (non-hydrogen) atoms. The number of hydrogen-bond acceptors (Lipinski definition) is 5. The Kier molecular flexibility index (Phi) is 5.83. The number of amides is 1. The van der Waals surface area contributed by atoms with Crippen molar-refractivity contribution in [2.45, 2.75) is 32.5 Å². The van der Waals surface area contributed by atoms with Crippen molar-refractivity contribution < 1.29 is 18.3 Å². The van der Waals surface area contributed by atoms with Gasteiger partial charge in [-0.3, -0.25) is 14.8 Å². The van der Waals surface area contributed by atoms with Gasteiger partial charge in [0, 0.05) is 49.1 Å². The number of ether oxygens (including phenoxy) is 1. The highest BCUT2D eigenvalue weighted by atomic mass is 19.1. The summed E-state index contributed by atoms with van der Waals surface area (Å²) in [4.78, 5) is 17.3. The van der Waals surface area contributed by atoms with Crippen molar-refractivity contribution >= 4 is 17.4 Å². The molecular weight excluding hydrogens is 440 g/mol. The van der Waals surface area contributed by atoms with E-state index in [1.165, 1.54) is 12.1 Å². The van der Waals surface area contributed by atoms with E-state index in [-0.39, 0.29) is 5.91 Å². The highest BCUT2D eigenvalue weighted by Crippen LogP contribution is 2.41. The van der Waals surface area contributed by atoms with E-state index in [1.807, 2.05) is 32.0 Å².